The van der Waals surface area contributed by atoms with Crippen LogP contribution in [0, 0.1) is 5.92 Å². The van der Waals surface area contributed by atoms with E-state index in [2.05, 4.69) is 15.5 Å². The number of ether oxygens (including phenoxy) is 2. The number of aromatic nitrogens is 2. The Morgan fingerprint density at radius 3 is 2.80 bits per heavy atom. The van der Waals surface area contributed by atoms with E-state index in [4.69, 9.17) is 14.0 Å². The van der Waals surface area contributed by atoms with Crippen LogP contribution in [0.5, 0.6) is 11.5 Å². The summed E-state index contributed by atoms with van der Waals surface area (Å²) in [6.07, 6.45) is 1.43. The van der Waals surface area contributed by atoms with Crippen molar-refractivity contribution in [2.24, 2.45) is 5.92 Å². The van der Waals surface area contributed by atoms with Crippen LogP contribution in [0.3, 0.4) is 0 Å². The van der Waals surface area contributed by atoms with Gasteiger partial charge in [0.2, 0.25) is 17.7 Å². The average molecular weight is 416 g/mol. The molecular weight excluding hydrogens is 388 g/mol. The first-order valence-corrected chi connectivity index (χ1v) is 10.1. The molecule has 0 saturated carbocycles. The molecule has 30 heavy (non-hydrogen) atoms. The van der Waals surface area contributed by atoms with Crippen molar-refractivity contribution in [3.05, 3.63) is 29.9 Å². The van der Waals surface area contributed by atoms with Gasteiger partial charge in [-0.05, 0) is 18.6 Å². The van der Waals surface area contributed by atoms with Crippen molar-refractivity contribution in [3.63, 3.8) is 0 Å². The molecule has 0 spiro atoms. The van der Waals surface area contributed by atoms with E-state index in [1.807, 2.05) is 13.8 Å². The molecule has 1 aliphatic heterocycles. The summed E-state index contributed by atoms with van der Waals surface area (Å²) in [6, 6.07) is 5.25. The fourth-order valence-electron chi connectivity index (χ4n) is 3.32. The van der Waals surface area contributed by atoms with E-state index in [1.165, 1.54) is 0 Å². The third-order valence-corrected chi connectivity index (χ3v) is 5.04. The zero-order valence-corrected chi connectivity index (χ0v) is 17.8. The zero-order chi connectivity index (χ0) is 21.7. The molecule has 9 nitrogen and oxygen atoms in total. The van der Waals surface area contributed by atoms with Crippen LogP contribution in [0.4, 0.5) is 5.69 Å². The topological polar surface area (TPSA) is 107 Å². The molecule has 0 radical (unpaired) electrons. The number of nitrogens with zero attached hydrogens (tertiary/aromatic N) is 3. The van der Waals surface area contributed by atoms with Gasteiger partial charge in [0.05, 0.1) is 25.8 Å². The van der Waals surface area contributed by atoms with Crippen LogP contribution in [0.2, 0.25) is 0 Å². The molecule has 1 fully saturated rings. The number of nitrogens with one attached hydrogen (secondary N) is 1. The Labute approximate surface area is 175 Å². The number of anilines is 1. The maximum absolute atomic E-state index is 12.6. The Morgan fingerprint density at radius 2 is 2.13 bits per heavy atom. The second-order valence-corrected chi connectivity index (χ2v) is 7.54. The molecule has 2 heterocycles. The Morgan fingerprint density at radius 1 is 1.33 bits per heavy atom. The molecule has 1 N–H and O–H groups in total. The summed E-state index contributed by atoms with van der Waals surface area (Å²) in [7, 11) is 3.11. The summed E-state index contributed by atoms with van der Waals surface area (Å²) in [5.74, 6) is 1.98. The summed E-state index contributed by atoms with van der Waals surface area (Å²) in [4.78, 5) is 31.0. The molecule has 1 saturated heterocycles. The highest BCUT2D eigenvalue weighted by Crippen LogP contribution is 2.36. The maximum Gasteiger partial charge on any atom is 0.227 e. The minimum Gasteiger partial charge on any atom is -0.497 e. The van der Waals surface area contributed by atoms with Gasteiger partial charge in [0.15, 0.2) is 5.82 Å². The number of benzene rings is 1. The van der Waals surface area contributed by atoms with Crippen molar-refractivity contribution in [2.45, 2.75) is 39.0 Å². The van der Waals surface area contributed by atoms with Crippen LogP contribution in [0.15, 0.2) is 22.7 Å². The average Bonchev–Trinajstić information content (AvgIpc) is 3.37. The predicted molar refractivity (Wildman–Crippen MR) is 110 cm³/mol. The van der Waals surface area contributed by atoms with E-state index in [1.54, 1.807) is 37.3 Å². The predicted octanol–water partition coefficient (Wildman–Crippen LogP) is 2.31. The number of hydrogen-bond donors (Lipinski definition) is 1. The smallest absolute Gasteiger partial charge is 0.227 e. The van der Waals surface area contributed by atoms with Gasteiger partial charge < -0.3 is 24.2 Å². The van der Waals surface area contributed by atoms with E-state index in [0.717, 1.165) is 0 Å². The Kier molecular flexibility index (Phi) is 6.91. The quantitative estimate of drug-likeness (QED) is 0.625. The summed E-state index contributed by atoms with van der Waals surface area (Å²) in [6.45, 7) is 4.78. The highest BCUT2D eigenvalue weighted by molar-refractivity contribution is 6.01. The number of rotatable bonds is 9. The van der Waals surface area contributed by atoms with Crippen molar-refractivity contribution in [3.8, 4) is 11.5 Å². The van der Waals surface area contributed by atoms with E-state index < -0.39 is 5.92 Å². The molecule has 9 heteroatoms. The Hall–Kier alpha value is -3.10. The normalized spacial score (nSPS) is 16.2. The third kappa shape index (κ3) is 4.90. The molecule has 0 bridgehead atoms. The standard InChI is InChI=1S/C21H28N4O5/c1-13(2)20-23-18(30-24-20)6-5-9-22-21(27)14-10-19(26)25(12-14)16-11-15(28-3)7-8-17(16)29-4/h7-8,11,13-14H,5-6,9-10,12H2,1-4H3,(H,22,27). The van der Waals surface area contributed by atoms with Crippen LogP contribution in [0.25, 0.3) is 0 Å². The van der Waals surface area contributed by atoms with Gasteiger partial charge in [0, 0.05) is 37.9 Å². The van der Waals surface area contributed by atoms with Crippen LogP contribution in [-0.4, -0.2) is 49.3 Å². The summed E-state index contributed by atoms with van der Waals surface area (Å²) < 4.78 is 15.8. The van der Waals surface area contributed by atoms with Gasteiger partial charge in [-0.2, -0.15) is 4.98 Å². The first kappa shape index (κ1) is 21.6. The second kappa shape index (κ2) is 9.60. The highest BCUT2D eigenvalue weighted by atomic mass is 16.5. The van der Waals surface area contributed by atoms with Gasteiger partial charge in [0.25, 0.3) is 0 Å². The third-order valence-electron chi connectivity index (χ3n) is 5.04. The molecule has 0 aliphatic carbocycles. The lowest BCUT2D eigenvalue weighted by atomic mass is 10.1. The van der Waals surface area contributed by atoms with Gasteiger partial charge in [-0.25, -0.2) is 0 Å². The minimum absolute atomic E-state index is 0.117. The maximum atomic E-state index is 12.6. The summed E-state index contributed by atoms with van der Waals surface area (Å²) in [5, 5.41) is 6.83. The largest absolute Gasteiger partial charge is 0.497 e. The van der Waals surface area contributed by atoms with E-state index in [9.17, 15) is 9.59 Å². The summed E-state index contributed by atoms with van der Waals surface area (Å²) in [5.41, 5.74) is 0.606. The first-order chi connectivity index (χ1) is 14.4. The number of amides is 2. The fraction of sp³-hybridized carbons (Fsp3) is 0.524. The van der Waals surface area contributed by atoms with Crippen LogP contribution < -0.4 is 19.7 Å². The second-order valence-electron chi connectivity index (χ2n) is 7.54. The van der Waals surface area contributed by atoms with Gasteiger partial charge in [-0.15, -0.1) is 0 Å². The monoisotopic (exact) mass is 416 g/mol. The van der Waals surface area contributed by atoms with E-state index in [-0.39, 0.29) is 24.2 Å². The van der Waals surface area contributed by atoms with Crippen LogP contribution in [0.1, 0.15) is 44.3 Å². The van der Waals surface area contributed by atoms with Crippen molar-refractivity contribution in [1.82, 2.24) is 15.5 Å². The number of carbonyl (C=O) groups excluding carboxylic acids is 2. The molecule has 1 atom stereocenters. The van der Waals surface area contributed by atoms with Crippen molar-refractivity contribution < 1.29 is 23.6 Å². The SMILES string of the molecule is COc1ccc(OC)c(N2CC(C(=O)NCCCc3nc(C(C)C)no3)CC2=O)c1. The summed E-state index contributed by atoms with van der Waals surface area (Å²) >= 11 is 0. The number of aryl methyl sites for hydroxylation is 1. The molecule has 2 aromatic rings. The van der Waals surface area contributed by atoms with E-state index in [0.29, 0.717) is 54.8 Å². The molecule has 162 valence electrons. The van der Waals surface area contributed by atoms with Gasteiger partial charge in [-0.1, -0.05) is 19.0 Å². The number of methoxy groups -OCH3 is 2. The Bertz CT molecular complexity index is 895. The highest BCUT2D eigenvalue weighted by Gasteiger charge is 2.36. The Balaban J connectivity index is 1.52. The molecule has 1 unspecified atom stereocenters. The lowest BCUT2D eigenvalue weighted by molar-refractivity contribution is -0.126. The van der Waals surface area contributed by atoms with Crippen molar-refractivity contribution in [1.29, 1.82) is 0 Å². The molecule has 2 amide bonds. The molecule has 3 rings (SSSR count). The zero-order valence-electron chi connectivity index (χ0n) is 17.8. The first-order valence-electron chi connectivity index (χ1n) is 10.1. The van der Waals surface area contributed by atoms with Crippen molar-refractivity contribution in [2.75, 3.05) is 32.2 Å². The lowest BCUT2D eigenvalue weighted by Crippen LogP contribution is -2.33. The number of hydrogen-bond acceptors (Lipinski definition) is 7. The lowest BCUT2D eigenvalue weighted by Gasteiger charge is -2.20. The van der Waals surface area contributed by atoms with Crippen LogP contribution >= 0.6 is 0 Å². The fourth-order valence-corrected chi connectivity index (χ4v) is 3.32. The molecular formula is C21H28N4O5. The van der Waals surface area contributed by atoms with Gasteiger partial charge in [-0.3, -0.25) is 9.59 Å². The minimum atomic E-state index is -0.413. The molecule has 1 aromatic carbocycles. The number of carbonyl (C=O) groups is 2. The van der Waals surface area contributed by atoms with Crippen molar-refractivity contribution >= 4 is 17.5 Å². The van der Waals surface area contributed by atoms with Gasteiger partial charge >= 0.3 is 0 Å². The van der Waals surface area contributed by atoms with E-state index >= 15 is 0 Å². The van der Waals surface area contributed by atoms with Gasteiger partial charge in [0.1, 0.15) is 11.5 Å². The van der Waals surface area contributed by atoms with Crippen LogP contribution in [-0.2, 0) is 16.0 Å². The molecule has 1 aliphatic rings. The molecule has 1 aromatic heterocycles.